The Morgan fingerprint density at radius 3 is 2.71 bits per heavy atom. The van der Waals surface area contributed by atoms with Crippen molar-refractivity contribution in [3.8, 4) is 0 Å². The third-order valence-corrected chi connectivity index (χ3v) is 3.11. The van der Waals surface area contributed by atoms with Gasteiger partial charge in [0.15, 0.2) is 0 Å². The van der Waals surface area contributed by atoms with Crippen molar-refractivity contribution in [1.29, 1.82) is 0 Å². The standard InChI is InChI=1S/C8H9BrN2O2S/c1-10-7(12)4-11-8(13)5-2-3-6(9)14-5/h2-3H,4H2,1H3,(H,10,12)(H,11,13). The summed E-state index contributed by atoms with van der Waals surface area (Å²) in [4.78, 5) is 22.8. The Morgan fingerprint density at radius 2 is 2.21 bits per heavy atom. The molecule has 0 fully saturated rings. The Balaban J connectivity index is 2.47. The summed E-state index contributed by atoms with van der Waals surface area (Å²) in [6.07, 6.45) is 0. The van der Waals surface area contributed by atoms with Crippen LogP contribution in [0.15, 0.2) is 15.9 Å². The highest BCUT2D eigenvalue weighted by Crippen LogP contribution is 2.21. The van der Waals surface area contributed by atoms with E-state index in [0.29, 0.717) is 4.88 Å². The zero-order chi connectivity index (χ0) is 10.6. The molecule has 0 atom stereocenters. The summed E-state index contributed by atoms with van der Waals surface area (Å²) in [7, 11) is 1.52. The van der Waals surface area contributed by atoms with Crippen LogP contribution in [-0.2, 0) is 4.79 Å². The molecule has 14 heavy (non-hydrogen) atoms. The molecule has 1 aromatic heterocycles. The van der Waals surface area contributed by atoms with Gasteiger partial charge < -0.3 is 10.6 Å². The minimum atomic E-state index is -0.232. The van der Waals surface area contributed by atoms with Crippen molar-refractivity contribution in [1.82, 2.24) is 10.6 Å². The Labute approximate surface area is 93.8 Å². The number of rotatable bonds is 3. The highest BCUT2D eigenvalue weighted by Gasteiger charge is 2.08. The molecule has 1 aromatic rings. The molecule has 1 heterocycles. The fourth-order valence-corrected chi connectivity index (χ4v) is 2.07. The molecule has 76 valence electrons. The van der Waals surface area contributed by atoms with E-state index in [9.17, 15) is 9.59 Å². The summed E-state index contributed by atoms with van der Waals surface area (Å²) >= 11 is 4.58. The Bertz CT molecular complexity index is 351. The molecule has 2 amide bonds. The van der Waals surface area contributed by atoms with Crippen molar-refractivity contribution in [3.63, 3.8) is 0 Å². The summed E-state index contributed by atoms with van der Waals surface area (Å²) in [6, 6.07) is 3.49. The lowest BCUT2D eigenvalue weighted by Gasteiger charge is -2.01. The molecule has 6 heteroatoms. The van der Waals surface area contributed by atoms with Crippen LogP contribution >= 0.6 is 27.3 Å². The Morgan fingerprint density at radius 1 is 1.50 bits per heavy atom. The largest absolute Gasteiger partial charge is 0.358 e. The van der Waals surface area contributed by atoms with Crippen LogP contribution < -0.4 is 10.6 Å². The van der Waals surface area contributed by atoms with E-state index in [0.717, 1.165) is 3.79 Å². The van der Waals surface area contributed by atoms with Crippen molar-refractivity contribution in [2.45, 2.75) is 0 Å². The lowest BCUT2D eigenvalue weighted by Crippen LogP contribution is -2.34. The third-order valence-electron chi connectivity index (χ3n) is 1.49. The van der Waals surface area contributed by atoms with Gasteiger partial charge >= 0.3 is 0 Å². The van der Waals surface area contributed by atoms with Crippen molar-refractivity contribution >= 4 is 39.1 Å². The first-order valence-corrected chi connectivity index (χ1v) is 5.48. The van der Waals surface area contributed by atoms with Crippen LogP contribution in [0.5, 0.6) is 0 Å². The normalized spacial score (nSPS) is 9.57. The minimum absolute atomic E-state index is 0.00481. The molecule has 0 unspecified atom stereocenters. The van der Waals surface area contributed by atoms with Gasteiger partial charge in [0.1, 0.15) is 0 Å². The highest BCUT2D eigenvalue weighted by atomic mass is 79.9. The summed E-state index contributed by atoms with van der Waals surface area (Å²) in [5, 5.41) is 4.92. The number of carbonyl (C=O) groups is 2. The van der Waals surface area contributed by atoms with Gasteiger partial charge in [0.2, 0.25) is 5.91 Å². The molecule has 0 saturated carbocycles. The molecule has 0 aliphatic rings. The second-order valence-corrected chi connectivity index (χ2v) is 4.92. The zero-order valence-corrected chi connectivity index (χ0v) is 9.87. The van der Waals surface area contributed by atoms with Crippen molar-refractivity contribution < 1.29 is 9.59 Å². The summed E-state index contributed by atoms with van der Waals surface area (Å²) in [5.74, 6) is -0.446. The summed E-state index contributed by atoms with van der Waals surface area (Å²) < 4.78 is 0.891. The molecule has 0 aliphatic carbocycles. The van der Waals surface area contributed by atoms with Crippen LogP contribution in [0.4, 0.5) is 0 Å². The van der Waals surface area contributed by atoms with E-state index in [1.165, 1.54) is 18.4 Å². The topological polar surface area (TPSA) is 58.2 Å². The zero-order valence-electron chi connectivity index (χ0n) is 7.46. The molecule has 0 saturated heterocycles. The molecule has 2 N–H and O–H groups in total. The first-order chi connectivity index (χ1) is 6.63. The Kier molecular flexibility index (Phi) is 4.09. The second-order valence-electron chi connectivity index (χ2n) is 2.46. The molecule has 0 bridgehead atoms. The monoisotopic (exact) mass is 276 g/mol. The van der Waals surface area contributed by atoms with Gasteiger partial charge in [0.25, 0.3) is 5.91 Å². The lowest BCUT2D eigenvalue weighted by molar-refractivity contribution is -0.119. The van der Waals surface area contributed by atoms with Crippen LogP contribution in [0, 0.1) is 0 Å². The van der Waals surface area contributed by atoms with E-state index in [1.807, 2.05) is 0 Å². The molecule has 0 spiro atoms. The van der Waals surface area contributed by atoms with E-state index in [1.54, 1.807) is 12.1 Å². The predicted octanol–water partition coefficient (Wildman–Crippen LogP) is 0.986. The molecule has 0 aromatic carbocycles. The molecule has 0 radical (unpaired) electrons. The van der Waals surface area contributed by atoms with E-state index in [2.05, 4.69) is 26.6 Å². The lowest BCUT2D eigenvalue weighted by atomic mass is 10.4. The van der Waals surface area contributed by atoms with Crippen molar-refractivity contribution in [3.05, 3.63) is 20.8 Å². The maximum Gasteiger partial charge on any atom is 0.261 e. The van der Waals surface area contributed by atoms with E-state index < -0.39 is 0 Å². The number of hydrogen-bond donors (Lipinski definition) is 2. The van der Waals surface area contributed by atoms with E-state index in [-0.39, 0.29) is 18.4 Å². The SMILES string of the molecule is CNC(=O)CNC(=O)c1ccc(Br)s1. The fourth-order valence-electron chi connectivity index (χ4n) is 0.772. The van der Waals surface area contributed by atoms with E-state index in [4.69, 9.17) is 0 Å². The summed E-state index contributed by atoms with van der Waals surface area (Å²) in [6.45, 7) is 0.00481. The van der Waals surface area contributed by atoms with Crippen LogP contribution in [-0.4, -0.2) is 25.4 Å². The highest BCUT2D eigenvalue weighted by molar-refractivity contribution is 9.11. The van der Waals surface area contributed by atoms with Gasteiger partial charge in [0, 0.05) is 7.05 Å². The average Bonchev–Trinajstić information content (AvgIpc) is 2.60. The van der Waals surface area contributed by atoms with Gasteiger partial charge in [0.05, 0.1) is 15.2 Å². The maximum absolute atomic E-state index is 11.4. The first-order valence-electron chi connectivity index (χ1n) is 3.87. The fraction of sp³-hybridized carbons (Fsp3) is 0.250. The molecular formula is C8H9BrN2O2S. The second kappa shape index (κ2) is 5.11. The van der Waals surface area contributed by atoms with Gasteiger partial charge in [-0.05, 0) is 28.1 Å². The number of carbonyl (C=O) groups excluding carboxylic acids is 2. The maximum atomic E-state index is 11.4. The summed E-state index contributed by atoms with van der Waals surface area (Å²) in [5.41, 5.74) is 0. The Hall–Kier alpha value is -0.880. The minimum Gasteiger partial charge on any atom is -0.358 e. The number of thiophene rings is 1. The number of likely N-dealkylation sites (N-methyl/N-ethyl adjacent to an activating group) is 1. The van der Waals surface area contributed by atoms with Gasteiger partial charge in [-0.3, -0.25) is 9.59 Å². The van der Waals surface area contributed by atoms with E-state index >= 15 is 0 Å². The van der Waals surface area contributed by atoms with Gasteiger partial charge in [-0.25, -0.2) is 0 Å². The van der Waals surface area contributed by atoms with Crippen LogP contribution in [0.25, 0.3) is 0 Å². The smallest absolute Gasteiger partial charge is 0.261 e. The van der Waals surface area contributed by atoms with Gasteiger partial charge in [-0.1, -0.05) is 0 Å². The van der Waals surface area contributed by atoms with Crippen LogP contribution in [0.3, 0.4) is 0 Å². The number of halogens is 1. The predicted molar refractivity (Wildman–Crippen MR) is 58.4 cm³/mol. The first kappa shape index (κ1) is 11.2. The number of nitrogens with one attached hydrogen (secondary N) is 2. The quantitative estimate of drug-likeness (QED) is 0.865. The molecule has 4 nitrogen and oxygen atoms in total. The molecule has 0 aliphatic heterocycles. The van der Waals surface area contributed by atoms with Crippen molar-refractivity contribution in [2.75, 3.05) is 13.6 Å². The number of amides is 2. The van der Waals surface area contributed by atoms with Gasteiger partial charge in [-0.2, -0.15) is 0 Å². The molecular weight excluding hydrogens is 268 g/mol. The van der Waals surface area contributed by atoms with Gasteiger partial charge in [-0.15, -0.1) is 11.3 Å². The average molecular weight is 277 g/mol. The number of hydrogen-bond acceptors (Lipinski definition) is 3. The van der Waals surface area contributed by atoms with Crippen molar-refractivity contribution in [2.24, 2.45) is 0 Å². The van der Waals surface area contributed by atoms with Crippen LogP contribution in [0.2, 0.25) is 0 Å². The van der Waals surface area contributed by atoms with Crippen LogP contribution in [0.1, 0.15) is 9.67 Å². The third kappa shape index (κ3) is 3.12. The molecule has 1 rings (SSSR count).